The molecular formula is C27H31NO4. The first-order chi connectivity index (χ1) is 15.4. The summed E-state index contributed by atoms with van der Waals surface area (Å²) in [7, 11) is 1.62. The second-order valence-electron chi connectivity index (χ2n) is 8.89. The highest BCUT2D eigenvalue weighted by atomic mass is 16.5. The second-order valence-corrected chi connectivity index (χ2v) is 8.89. The van der Waals surface area contributed by atoms with E-state index in [1.54, 1.807) is 7.11 Å². The van der Waals surface area contributed by atoms with Gasteiger partial charge in [0.2, 0.25) is 5.91 Å². The van der Waals surface area contributed by atoms with Crippen LogP contribution < -0.4 is 14.8 Å². The van der Waals surface area contributed by atoms with Gasteiger partial charge in [0.25, 0.3) is 0 Å². The van der Waals surface area contributed by atoms with Gasteiger partial charge in [-0.3, -0.25) is 9.59 Å². The summed E-state index contributed by atoms with van der Waals surface area (Å²) in [5.74, 6) is 1.69. The van der Waals surface area contributed by atoms with E-state index in [4.69, 9.17) is 9.47 Å². The van der Waals surface area contributed by atoms with E-state index in [-0.39, 0.29) is 23.5 Å². The van der Waals surface area contributed by atoms with Crippen LogP contribution in [0, 0.1) is 0 Å². The van der Waals surface area contributed by atoms with Crippen molar-refractivity contribution in [1.29, 1.82) is 0 Å². The molecule has 2 aromatic carbocycles. The maximum atomic E-state index is 13.3. The number of allylic oxidation sites excluding steroid dienone is 2. The zero-order chi connectivity index (χ0) is 22.8. The van der Waals surface area contributed by atoms with Crippen LogP contribution in [0.3, 0.4) is 0 Å². The molecule has 2 aromatic rings. The number of rotatable bonds is 6. The summed E-state index contributed by atoms with van der Waals surface area (Å²) in [4.78, 5) is 25.9. The Bertz CT molecular complexity index is 1050. The molecule has 1 N–H and O–H groups in total. The summed E-state index contributed by atoms with van der Waals surface area (Å²) >= 11 is 0. The summed E-state index contributed by atoms with van der Waals surface area (Å²) in [6, 6.07) is 14.2. The molecule has 0 saturated heterocycles. The van der Waals surface area contributed by atoms with Crippen LogP contribution in [0.2, 0.25) is 0 Å². The Labute approximate surface area is 189 Å². The Balaban J connectivity index is 1.65. The predicted molar refractivity (Wildman–Crippen MR) is 124 cm³/mol. The Morgan fingerprint density at radius 3 is 2.34 bits per heavy atom. The highest BCUT2D eigenvalue weighted by Gasteiger charge is 2.38. The van der Waals surface area contributed by atoms with Crippen LogP contribution in [0.5, 0.6) is 11.5 Å². The molecule has 0 unspecified atom stereocenters. The van der Waals surface area contributed by atoms with Gasteiger partial charge in [-0.25, -0.2) is 0 Å². The van der Waals surface area contributed by atoms with E-state index in [9.17, 15) is 9.59 Å². The molecule has 1 aliphatic carbocycles. The lowest BCUT2D eigenvalue weighted by Crippen LogP contribution is -2.38. The fraction of sp³-hybridized carbons (Fsp3) is 0.407. The summed E-state index contributed by atoms with van der Waals surface area (Å²) in [6.07, 6.45) is 1.37. The van der Waals surface area contributed by atoms with Gasteiger partial charge in [-0.15, -0.1) is 0 Å². The van der Waals surface area contributed by atoms with E-state index in [1.807, 2.05) is 25.1 Å². The molecule has 0 radical (unpaired) electrons. The Morgan fingerprint density at radius 2 is 1.69 bits per heavy atom. The molecule has 32 heavy (non-hydrogen) atoms. The minimum atomic E-state index is -0.178. The Kier molecular flexibility index (Phi) is 6.35. The average Bonchev–Trinajstić information content (AvgIpc) is 2.78. The van der Waals surface area contributed by atoms with Gasteiger partial charge in [-0.1, -0.05) is 44.2 Å². The van der Waals surface area contributed by atoms with Crippen LogP contribution in [0.15, 0.2) is 53.7 Å². The molecule has 0 spiro atoms. The van der Waals surface area contributed by atoms with Gasteiger partial charge in [0, 0.05) is 30.0 Å². The summed E-state index contributed by atoms with van der Waals surface area (Å²) in [6.45, 7) is 6.80. The van der Waals surface area contributed by atoms with Crippen molar-refractivity contribution >= 4 is 11.7 Å². The van der Waals surface area contributed by atoms with Crippen LogP contribution in [-0.4, -0.2) is 25.4 Å². The van der Waals surface area contributed by atoms with Gasteiger partial charge in [-0.2, -0.15) is 0 Å². The highest BCUT2D eigenvalue weighted by Crippen LogP contribution is 2.44. The van der Waals surface area contributed by atoms with Crippen molar-refractivity contribution in [3.8, 4) is 11.5 Å². The minimum absolute atomic E-state index is 0.00630. The fourth-order valence-electron chi connectivity index (χ4n) is 4.81. The van der Waals surface area contributed by atoms with Gasteiger partial charge in [0.05, 0.1) is 13.7 Å². The monoisotopic (exact) mass is 433 g/mol. The van der Waals surface area contributed by atoms with Gasteiger partial charge in [0.1, 0.15) is 0 Å². The molecule has 2 atom stereocenters. The quantitative estimate of drug-likeness (QED) is 0.678. The third-order valence-corrected chi connectivity index (χ3v) is 6.50. The highest BCUT2D eigenvalue weighted by molar-refractivity contribution is 6.02. The van der Waals surface area contributed by atoms with Crippen molar-refractivity contribution in [2.75, 3.05) is 13.7 Å². The number of carbonyl (C=O) groups excluding carboxylic acids is 2. The minimum Gasteiger partial charge on any atom is -0.493 e. The van der Waals surface area contributed by atoms with Crippen LogP contribution in [-0.2, 0) is 9.59 Å². The van der Waals surface area contributed by atoms with Gasteiger partial charge >= 0.3 is 0 Å². The van der Waals surface area contributed by atoms with Crippen molar-refractivity contribution in [3.63, 3.8) is 0 Å². The van der Waals surface area contributed by atoms with Crippen molar-refractivity contribution in [3.05, 3.63) is 70.4 Å². The molecule has 168 valence electrons. The molecule has 0 aromatic heterocycles. The van der Waals surface area contributed by atoms with E-state index < -0.39 is 0 Å². The van der Waals surface area contributed by atoms with Crippen molar-refractivity contribution in [2.24, 2.45) is 0 Å². The molecule has 0 fully saturated rings. The normalized spacial score (nSPS) is 20.8. The number of ether oxygens (including phenoxy) is 2. The van der Waals surface area contributed by atoms with E-state index in [0.717, 1.165) is 22.4 Å². The largest absolute Gasteiger partial charge is 0.493 e. The standard InChI is InChI=1S/C27H31NO4/c1-5-32-24-11-10-19(14-25(24)31-4)20-12-22-27(23(29)13-20)21(15-26(30)28-22)18-8-6-17(7-9-18)16(2)3/h6-11,14,16,20-21H,5,12-13,15H2,1-4H3,(H,28,30)/t20-,21+/m0/s1. The number of nitrogens with one attached hydrogen (secondary N) is 1. The zero-order valence-electron chi connectivity index (χ0n) is 19.2. The first-order valence-electron chi connectivity index (χ1n) is 11.4. The van der Waals surface area contributed by atoms with Crippen molar-refractivity contribution in [1.82, 2.24) is 5.32 Å². The summed E-state index contributed by atoms with van der Waals surface area (Å²) < 4.78 is 11.1. The van der Waals surface area contributed by atoms with Crippen LogP contribution in [0.4, 0.5) is 0 Å². The number of hydrogen-bond acceptors (Lipinski definition) is 4. The fourth-order valence-corrected chi connectivity index (χ4v) is 4.81. The maximum absolute atomic E-state index is 13.3. The van der Waals surface area contributed by atoms with E-state index in [1.165, 1.54) is 5.56 Å². The summed E-state index contributed by atoms with van der Waals surface area (Å²) in [5.41, 5.74) is 4.85. The maximum Gasteiger partial charge on any atom is 0.225 e. The summed E-state index contributed by atoms with van der Waals surface area (Å²) in [5, 5.41) is 3.00. The first kappa shape index (κ1) is 22.1. The molecule has 2 aliphatic rings. The lowest BCUT2D eigenvalue weighted by atomic mass is 9.73. The van der Waals surface area contributed by atoms with Crippen molar-refractivity contribution < 1.29 is 19.1 Å². The number of ketones is 1. The zero-order valence-corrected chi connectivity index (χ0v) is 19.2. The molecule has 4 rings (SSSR count). The number of Topliss-reactive ketones (excluding diaryl/α,β-unsaturated/α-hetero) is 1. The van der Waals surface area contributed by atoms with Gasteiger partial charge in [-0.05, 0) is 54.0 Å². The molecule has 1 aliphatic heterocycles. The molecule has 5 heteroatoms. The molecule has 1 amide bonds. The average molecular weight is 434 g/mol. The second kappa shape index (κ2) is 9.19. The van der Waals surface area contributed by atoms with Gasteiger partial charge in [0.15, 0.2) is 17.3 Å². The lowest BCUT2D eigenvalue weighted by molar-refractivity contribution is -0.122. The molecule has 5 nitrogen and oxygen atoms in total. The first-order valence-corrected chi connectivity index (χ1v) is 11.4. The number of amides is 1. The number of hydrogen-bond donors (Lipinski definition) is 1. The van der Waals surface area contributed by atoms with Crippen molar-refractivity contribution in [2.45, 2.75) is 57.8 Å². The SMILES string of the molecule is CCOc1ccc([C@@H]2CC(=O)C3=C(C2)NC(=O)C[C@@H]3c2ccc(C(C)C)cc2)cc1OC. The number of benzene rings is 2. The molecule has 0 bridgehead atoms. The number of methoxy groups -OCH3 is 1. The smallest absolute Gasteiger partial charge is 0.225 e. The van der Waals surface area contributed by atoms with Crippen LogP contribution >= 0.6 is 0 Å². The van der Waals surface area contributed by atoms with Crippen LogP contribution in [0.1, 0.15) is 74.5 Å². The third-order valence-electron chi connectivity index (χ3n) is 6.50. The molecule has 1 heterocycles. The lowest BCUT2D eigenvalue weighted by Gasteiger charge is -2.34. The van der Waals surface area contributed by atoms with E-state index >= 15 is 0 Å². The third kappa shape index (κ3) is 4.29. The predicted octanol–water partition coefficient (Wildman–Crippen LogP) is 5.22. The van der Waals surface area contributed by atoms with Crippen LogP contribution in [0.25, 0.3) is 0 Å². The Hall–Kier alpha value is -3.08. The van der Waals surface area contributed by atoms with Gasteiger partial charge < -0.3 is 14.8 Å². The Morgan fingerprint density at radius 1 is 0.969 bits per heavy atom. The van der Waals surface area contributed by atoms with E-state index in [0.29, 0.717) is 43.3 Å². The molecular weight excluding hydrogens is 402 g/mol. The van der Waals surface area contributed by atoms with E-state index in [2.05, 4.69) is 43.4 Å². The topological polar surface area (TPSA) is 64.6 Å². The number of carbonyl (C=O) groups is 2. The molecule has 0 saturated carbocycles.